The van der Waals surface area contributed by atoms with Gasteiger partial charge in [0, 0.05) is 12.1 Å². The fourth-order valence-electron chi connectivity index (χ4n) is 2.94. The molecule has 2 fully saturated rings. The first-order valence-corrected chi connectivity index (χ1v) is 5.08. The maximum atomic E-state index is 9.51. The van der Waals surface area contributed by atoms with Gasteiger partial charge in [-0.05, 0) is 45.6 Å². The van der Waals surface area contributed by atoms with Crippen molar-refractivity contribution in [1.82, 2.24) is 4.90 Å². The van der Waals surface area contributed by atoms with Crippen molar-refractivity contribution in [2.24, 2.45) is 5.92 Å². The highest BCUT2D eigenvalue weighted by Gasteiger charge is 2.39. The van der Waals surface area contributed by atoms with E-state index < -0.39 is 0 Å². The van der Waals surface area contributed by atoms with Gasteiger partial charge in [0.1, 0.15) is 0 Å². The predicted octanol–water partition coefficient (Wildman–Crippen LogP) is 1.24. The zero-order valence-corrected chi connectivity index (χ0v) is 8.03. The van der Waals surface area contributed by atoms with Crippen LogP contribution in [0.1, 0.15) is 32.6 Å². The zero-order valence-electron chi connectivity index (χ0n) is 8.03. The fraction of sp³-hybridized carbons (Fsp3) is 1.00. The molecule has 2 rings (SSSR count). The van der Waals surface area contributed by atoms with Crippen LogP contribution < -0.4 is 0 Å². The second kappa shape index (κ2) is 3.00. The van der Waals surface area contributed by atoms with Crippen molar-refractivity contribution >= 4 is 0 Å². The van der Waals surface area contributed by atoms with Crippen LogP contribution in [0.3, 0.4) is 0 Å². The Kier molecular flexibility index (Phi) is 2.13. The molecule has 1 saturated carbocycles. The average Bonchev–Trinajstić information content (AvgIpc) is 2.28. The lowest BCUT2D eigenvalue weighted by atomic mass is 9.83. The first kappa shape index (κ1) is 8.52. The van der Waals surface area contributed by atoms with Crippen LogP contribution in [0.2, 0.25) is 0 Å². The van der Waals surface area contributed by atoms with E-state index >= 15 is 0 Å². The second-order valence-corrected chi connectivity index (χ2v) is 4.54. The third-order valence-corrected chi connectivity index (χ3v) is 3.78. The maximum absolute atomic E-state index is 9.51. The van der Waals surface area contributed by atoms with Crippen molar-refractivity contribution in [2.45, 2.75) is 50.8 Å². The van der Waals surface area contributed by atoms with Gasteiger partial charge in [-0.1, -0.05) is 0 Å². The highest BCUT2D eigenvalue weighted by atomic mass is 16.3. The normalized spacial score (nSPS) is 49.2. The van der Waals surface area contributed by atoms with Crippen molar-refractivity contribution in [2.75, 3.05) is 7.05 Å². The Morgan fingerprint density at radius 3 is 2.75 bits per heavy atom. The molecule has 0 bridgehead atoms. The smallest absolute Gasteiger partial charge is 0.0544 e. The molecule has 0 aromatic carbocycles. The zero-order chi connectivity index (χ0) is 8.72. The van der Waals surface area contributed by atoms with Crippen LogP contribution in [0.4, 0.5) is 0 Å². The summed E-state index contributed by atoms with van der Waals surface area (Å²) in [5, 5.41) is 9.51. The van der Waals surface area contributed by atoms with Crippen LogP contribution in [0.5, 0.6) is 0 Å². The molecule has 2 heteroatoms. The topological polar surface area (TPSA) is 23.5 Å². The summed E-state index contributed by atoms with van der Waals surface area (Å²) in [7, 11) is 2.23. The van der Waals surface area contributed by atoms with Crippen molar-refractivity contribution < 1.29 is 5.11 Å². The number of nitrogens with zero attached hydrogens (tertiary/aromatic N) is 1. The molecule has 0 spiro atoms. The van der Waals surface area contributed by atoms with Crippen LogP contribution in [-0.4, -0.2) is 35.2 Å². The maximum Gasteiger partial charge on any atom is 0.0544 e. The van der Waals surface area contributed by atoms with E-state index in [2.05, 4.69) is 18.9 Å². The second-order valence-electron chi connectivity index (χ2n) is 4.54. The molecule has 0 aromatic rings. The number of likely N-dealkylation sites (tertiary alicyclic amines) is 1. The Morgan fingerprint density at radius 1 is 1.25 bits per heavy atom. The average molecular weight is 169 g/mol. The number of fused-ring (bicyclic) bond motifs is 1. The molecule has 2 aliphatic rings. The number of hydrogen-bond donors (Lipinski definition) is 1. The Morgan fingerprint density at radius 2 is 2.00 bits per heavy atom. The molecule has 1 aliphatic heterocycles. The van der Waals surface area contributed by atoms with Gasteiger partial charge in [0.05, 0.1) is 6.10 Å². The van der Waals surface area contributed by atoms with E-state index in [9.17, 15) is 5.11 Å². The summed E-state index contributed by atoms with van der Waals surface area (Å²) in [5.41, 5.74) is 0. The van der Waals surface area contributed by atoms with Crippen LogP contribution >= 0.6 is 0 Å². The Balaban J connectivity index is 2.04. The minimum absolute atomic E-state index is 0.00931. The van der Waals surface area contributed by atoms with E-state index in [1.807, 2.05) is 0 Å². The first-order valence-electron chi connectivity index (χ1n) is 5.08. The third-order valence-electron chi connectivity index (χ3n) is 3.78. The van der Waals surface area contributed by atoms with Gasteiger partial charge in [0.2, 0.25) is 0 Å². The molecular formula is C10H19NO. The summed E-state index contributed by atoms with van der Waals surface area (Å²) in [5.74, 6) is 0.772. The molecule has 70 valence electrons. The standard InChI is InChI=1S/C10H19NO/c1-7-5-8-6-9(12)3-4-10(8)11(7)2/h7-10,12H,3-6H2,1-2H3/t7-,8-,9+,10+/m1/s1. The molecule has 0 unspecified atom stereocenters. The van der Waals surface area contributed by atoms with E-state index in [-0.39, 0.29) is 6.10 Å². The van der Waals surface area contributed by atoms with Crippen LogP contribution in [0, 0.1) is 5.92 Å². The number of hydrogen-bond acceptors (Lipinski definition) is 2. The van der Waals surface area contributed by atoms with Gasteiger partial charge < -0.3 is 10.0 Å². The molecule has 1 saturated heterocycles. The van der Waals surface area contributed by atoms with E-state index in [4.69, 9.17) is 0 Å². The van der Waals surface area contributed by atoms with Crippen LogP contribution in [-0.2, 0) is 0 Å². The van der Waals surface area contributed by atoms with Gasteiger partial charge in [-0.2, -0.15) is 0 Å². The Bertz CT molecular complexity index is 169. The molecule has 1 aliphatic carbocycles. The SMILES string of the molecule is C[C@@H]1C[C@@H]2C[C@@H](O)CC[C@@H]2N1C. The van der Waals surface area contributed by atoms with Crippen LogP contribution in [0.15, 0.2) is 0 Å². The highest BCUT2D eigenvalue weighted by Crippen LogP contribution is 2.38. The lowest BCUT2D eigenvalue weighted by molar-refractivity contribution is 0.0734. The van der Waals surface area contributed by atoms with E-state index in [0.29, 0.717) is 0 Å². The number of rotatable bonds is 0. The monoisotopic (exact) mass is 169 g/mol. The van der Waals surface area contributed by atoms with E-state index in [1.54, 1.807) is 0 Å². The predicted molar refractivity (Wildman–Crippen MR) is 49.0 cm³/mol. The van der Waals surface area contributed by atoms with Crippen molar-refractivity contribution in [1.29, 1.82) is 0 Å². The lowest BCUT2D eigenvalue weighted by Gasteiger charge is -2.32. The minimum atomic E-state index is -0.00931. The van der Waals surface area contributed by atoms with Gasteiger partial charge in [0.25, 0.3) is 0 Å². The van der Waals surface area contributed by atoms with Crippen molar-refractivity contribution in [3.63, 3.8) is 0 Å². The quantitative estimate of drug-likeness (QED) is 0.590. The van der Waals surface area contributed by atoms with E-state index in [1.165, 1.54) is 12.8 Å². The summed E-state index contributed by atoms with van der Waals surface area (Å²) in [6.07, 6.45) is 4.53. The van der Waals surface area contributed by atoms with Crippen LogP contribution in [0.25, 0.3) is 0 Å². The minimum Gasteiger partial charge on any atom is -0.393 e. The summed E-state index contributed by atoms with van der Waals surface area (Å²) >= 11 is 0. The van der Waals surface area contributed by atoms with Gasteiger partial charge in [-0.3, -0.25) is 0 Å². The first-order chi connectivity index (χ1) is 5.68. The summed E-state index contributed by atoms with van der Waals surface area (Å²) in [6, 6.07) is 1.49. The number of aliphatic hydroxyl groups is 1. The number of aliphatic hydroxyl groups excluding tert-OH is 1. The molecule has 1 heterocycles. The molecule has 2 nitrogen and oxygen atoms in total. The molecule has 12 heavy (non-hydrogen) atoms. The van der Waals surface area contributed by atoms with Gasteiger partial charge in [-0.15, -0.1) is 0 Å². The Labute approximate surface area is 74.6 Å². The van der Waals surface area contributed by atoms with E-state index in [0.717, 1.165) is 30.8 Å². The summed E-state index contributed by atoms with van der Waals surface area (Å²) in [4.78, 5) is 2.50. The molecule has 0 amide bonds. The largest absolute Gasteiger partial charge is 0.393 e. The van der Waals surface area contributed by atoms with Crippen molar-refractivity contribution in [3.05, 3.63) is 0 Å². The van der Waals surface area contributed by atoms with Gasteiger partial charge in [0.15, 0.2) is 0 Å². The van der Waals surface area contributed by atoms with Crippen molar-refractivity contribution in [3.8, 4) is 0 Å². The highest BCUT2D eigenvalue weighted by molar-refractivity contribution is 4.94. The van der Waals surface area contributed by atoms with Gasteiger partial charge >= 0.3 is 0 Å². The summed E-state index contributed by atoms with van der Waals surface area (Å²) < 4.78 is 0. The molecule has 0 aromatic heterocycles. The lowest BCUT2D eigenvalue weighted by Crippen LogP contribution is -2.37. The molecule has 1 N–H and O–H groups in total. The fourth-order valence-corrected chi connectivity index (χ4v) is 2.94. The molecular weight excluding hydrogens is 150 g/mol. The third kappa shape index (κ3) is 1.27. The summed E-state index contributed by atoms with van der Waals surface area (Å²) in [6.45, 7) is 2.30. The molecule has 0 radical (unpaired) electrons. The van der Waals surface area contributed by atoms with Gasteiger partial charge in [-0.25, -0.2) is 0 Å². The molecule has 4 atom stereocenters. The Hall–Kier alpha value is -0.0800.